The van der Waals surface area contributed by atoms with Gasteiger partial charge in [0.05, 0.1) is 13.3 Å². The minimum atomic E-state index is 0.817. The summed E-state index contributed by atoms with van der Waals surface area (Å²) in [6, 6.07) is 1.81. The van der Waals surface area contributed by atoms with E-state index in [1.54, 1.807) is 13.3 Å². The molecule has 0 fully saturated rings. The monoisotopic (exact) mass is 138 g/mol. The van der Waals surface area contributed by atoms with Crippen LogP contribution in [0.5, 0.6) is 5.75 Å². The van der Waals surface area contributed by atoms with Crippen LogP contribution in [0.15, 0.2) is 12.3 Å². The van der Waals surface area contributed by atoms with Crippen LogP contribution in [0.4, 0.5) is 0 Å². The molecular formula is C7H10N2O. The highest BCUT2D eigenvalue weighted by Crippen LogP contribution is 2.12. The van der Waals surface area contributed by atoms with Crippen molar-refractivity contribution in [1.82, 2.24) is 10.2 Å². The highest BCUT2D eigenvalue weighted by molar-refractivity contribution is 5.24. The molecule has 0 saturated carbocycles. The van der Waals surface area contributed by atoms with E-state index in [1.807, 2.05) is 13.0 Å². The number of hydrogen-bond donors (Lipinski definition) is 0. The number of aromatic nitrogens is 2. The third-order valence-corrected chi connectivity index (χ3v) is 1.31. The van der Waals surface area contributed by atoms with Crippen LogP contribution in [-0.2, 0) is 6.42 Å². The first-order valence-corrected chi connectivity index (χ1v) is 3.23. The van der Waals surface area contributed by atoms with Crippen LogP contribution in [0, 0.1) is 0 Å². The average Bonchev–Trinajstić information content (AvgIpc) is 2.04. The van der Waals surface area contributed by atoms with Gasteiger partial charge in [0, 0.05) is 6.07 Å². The van der Waals surface area contributed by atoms with Crippen LogP contribution < -0.4 is 4.74 Å². The molecule has 0 atom stereocenters. The molecule has 0 N–H and O–H groups in total. The van der Waals surface area contributed by atoms with Gasteiger partial charge >= 0.3 is 0 Å². The number of methoxy groups -OCH3 is 1. The Hall–Kier alpha value is -1.12. The van der Waals surface area contributed by atoms with E-state index in [4.69, 9.17) is 4.74 Å². The van der Waals surface area contributed by atoms with Gasteiger partial charge in [0.2, 0.25) is 0 Å². The Morgan fingerprint density at radius 1 is 1.60 bits per heavy atom. The van der Waals surface area contributed by atoms with E-state index in [2.05, 4.69) is 10.2 Å². The quantitative estimate of drug-likeness (QED) is 0.612. The summed E-state index contributed by atoms with van der Waals surface area (Å²) in [6.45, 7) is 2.02. The largest absolute Gasteiger partial charge is 0.495 e. The molecule has 3 nitrogen and oxygen atoms in total. The van der Waals surface area contributed by atoms with E-state index < -0.39 is 0 Å². The lowest BCUT2D eigenvalue weighted by Crippen LogP contribution is -1.94. The molecule has 0 aromatic carbocycles. The summed E-state index contributed by atoms with van der Waals surface area (Å²) in [7, 11) is 1.64. The molecule has 1 aromatic rings. The lowest BCUT2D eigenvalue weighted by atomic mass is 10.3. The SMILES string of the molecule is CCc1nnccc1OC. The summed E-state index contributed by atoms with van der Waals surface area (Å²) in [6.07, 6.45) is 2.48. The van der Waals surface area contributed by atoms with E-state index in [0.29, 0.717) is 0 Å². The second-order valence-electron chi connectivity index (χ2n) is 1.90. The molecule has 1 aromatic heterocycles. The molecule has 0 aliphatic heterocycles. The van der Waals surface area contributed by atoms with Crippen molar-refractivity contribution in [2.75, 3.05) is 7.11 Å². The number of rotatable bonds is 2. The first-order valence-electron chi connectivity index (χ1n) is 3.23. The topological polar surface area (TPSA) is 35.0 Å². The van der Waals surface area contributed by atoms with Gasteiger partial charge in [0.15, 0.2) is 0 Å². The Morgan fingerprint density at radius 3 is 2.90 bits per heavy atom. The van der Waals surface area contributed by atoms with Gasteiger partial charge in [-0.1, -0.05) is 6.92 Å². The van der Waals surface area contributed by atoms with Crippen molar-refractivity contribution in [2.45, 2.75) is 13.3 Å². The zero-order valence-corrected chi connectivity index (χ0v) is 6.16. The zero-order chi connectivity index (χ0) is 7.40. The second-order valence-corrected chi connectivity index (χ2v) is 1.90. The van der Waals surface area contributed by atoms with Crippen molar-refractivity contribution in [1.29, 1.82) is 0 Å². The lowest BCUT2D eigenvalue weighted by Gasteiger charge is -2.01. The van der Waals surface area contributed by atoms with Crippen molar-refractivity contribution in [2.24, 2.45) is 0 Å². The molecule has 0 aliphatic rings. The van der Waals surface area contributed by atoms with Gasteiger partial charge in [-0.25, -0.2) is 0 Å². The van der Waals surface area contributed by atoms with Crippen LogP contribution in [0.25, 0.3) is 0 Å². The zero-order valence-electron chi connectivity index (χ0n) is 6.16. The van der Waals surface area contributed by atoms with Crippen LogP contribution in [0.2, 0.25) is 0 Å². The number of hydrogen-bond acceptors (Lipinski definition) is 3. The van der Waals surface area contributed by atoms with E-state index in [-0.39, 0.29) is 0 Å². The predicted molar refractivity (Wildman–Crippen MR) is 38.0 cm³/mol. The van der Waals surface area contributed by atoms with Crippen LogP contribution in [-0.4, -0.2) is 17.3 Å². The van der Waals surface area contributed by atoms with Gasteiger partial charge in [-0.3, -0.25) is 0 Å². The maximum atomic E-state index is 5.03. The molecule has 0 unspecified atom stereocenters. The van der Waals surface area contributed by atoms with Gasteiger partial charge in [0.25, 0.3) is 0 Å². The Balaban J connectivity index is 2.96. The smallest absolute Gasteiger partial charge is 0.143 e. The van der Waals surface area contributed by atoms with Crippen molar-refractivity contribution in [3.63, 3.8) is 0 Å². The van der Waals surface area contributed by atoms with E-state index in [9.17, 15) is 0 Å². The molecule has 10 heavy (non-hydrogen) atoms. The Kier molecular flexibility index (Phi) is 2.20. The van der Waals surface area contributed by atoms with Crippen molar-refractivity contribution in [3.8, 4) is 5.75 Å². The molecule has 1 heterocycles. The Morgan fingerprint density at radius 2 is 2.40 bits per heavy atom. The van der Waals surface area contributed by atoms with Crippen molar-refractivity contribution >= 4 is 0 Å². The normalized spacial score (nSPS) is 9.40. The molecule has 0 bridgehead atoms. The maximum absolute atomic E-state index is 5.03. The van der Waals surface area contributed by atoms with Gasteiger partial charge < -0.3 is 4.74 Å². The number of ether oxygens (including phenoxy) is 1. The summed E-state index contributed by atoms with van der Waals surface area (Å²) >= 11 is 0. The lowest BCUT2D eigenvalue weighted by molar-refractivity contribution is 0.405. The van der Waals surface area contributed by atoms with Gasteiger partial charge in [-0.2, -0.15) is 10.2 Å². The third-order valence-electron chi connectivity index (χ3n) is 1.31. The summed E-state index contributed by atoms with van der Waals surface area (Å²) in [5, 5.41) is 7.63. The standard InChI is InChI=1S/C7H10N2O/c1-3-6-7(10-2)4-5-8-9-6/h4-5H,3H2,1-2H3. The van der Waals surface area contributed by atoms with E-state index in [1.165, 1.54) is 0 Å². The van der Waals surface area contributed by atoms with Gasteiger partial charge in [0.1, 0.15) is 11.4 Å². The molecule has 0 spiro atoms. The molecule has 0 aliphatic carbocycles. The average molecular weight is 138 g/mol. The summed E-state index contributed by atoms with van der Waals surface area (Å²) in [5.41, 5.74) is 0.907. The molecule has 1 rings (SSSR count). The minimum absolute atomic E-state index is 0.817. The number of nitrogens with zero attached hydrogens (tertiary/aromatic N) is 2. The number of aryl methyl sites for hydroxylation is 1. The molecule has 3 heteroatoms. The first kappa shape index (κ1) is 6.99. The van der Waals surface area contributed by atoms with E-state index in [0.717, 1.165) is 17.9 Å². The van der Waals surface area contributed by atoms with Crippen molar-refractivity contribution < 1.29 is 4.74 Å². The highest BCUT2D eigenvalue weighted by Gasteiger charge is 1.98. The van der Waals surface area contributed by atoms with Crippen LogP contribution >= 0.6 is 0 Å². The fourth-order valence-electron chi connectivity index (χ4n) is 0.780. The third kappa shape index (κ3) is 1.23. The van der Waals surface area contributed by atoms with Crippen LogP contribution in [0.1, 0.15) is 12.6 Å². The fourth-order valence-corrected chi connectivity index (χ4v) is 0.780. The second kappa shape index (κ2) is 3.15. The maximum Gasteiger partial charge on any atom is 0.143 e. The molecule has 0 radical (unpaired) electrons. The predicted octanol–water partition coefficient (Wildman–Crippen LogP) is 1.05. The fraction of sp³-hybridized carbons (Fsp3) is 0.429. The molecule has 54 valence electrons. The Labute approximate surface area is 60.0 Å². The highest BCUT2D eigenvalue weighted by atomic mass is 16.5. The van der Waals surface area contributed by atoms with Gasteiger partial charge in [-0.15, -0.1) is 0 Å². The first-order chi connectivity index (χ1) is 4.88. The molecule has 0 amide bonds. The summed E-state index contributed by atoms with van der Waals surface area (Å²) in [5.74, 6) is 0.817. The summed E-state index contributed by atoms with van der Waals surface area (Å²) < 4.78 is 5.03. The Bertz CT molecular complexity index is 190. The van der Waals surface area contributed by atoms with Crippen molar-refractivity contribution in [3.05, 3.63) is 18.0 Å². The minimum Gasteiger partial charge on any atom is -0.495 e. The molecule has 0 saturated heterocycles. The van der Waals surface area contributed by atoms with E-state index >= 15 is 0 Å². The van der Waals surface area contributed by atoms with Gasteiger partial charge in [-0.05, 0) is 6.42 Å². The van der Waals surface area contributed by atoms with Crippen LogP contribution in [0.3, 0.4) is 0 Å². The molecular weight excluding hydrogens is 128 g/mol. The summed E-state index contributed by atoms with van der Waals surface area (Å²) in [4.78, 5) is 0.